The molecule has 1 aliphatic heterocycles. The largest absolute Gasteiger partial charge is 0.467 e. The molecule has 184 valence electrons. The summed E-state index contributed by atoms with van der Waals surface area (Å²) in [4.78, 5) is 36.7. The van der Waals surface area contributed by atoms with Gasteiger partial charge in [-0.2, -0.15) is 0 Å². The number of anilines is 1. The van der Waals surface area contributed by atoms with Gasteiger partial charge in [-0.15, -0.1) is 0 Å². The average molecular weight is 489 g/mol. The molecule has 0 spiro atoms. The highest BCUT2D eigenvalue weighted by Crippen LogP contribution is 2.44. The Labute approximate surface area is 206 Å². The van der Waals surface area contributed by atoms with Gasteiger partial charge in [-0.1, -0.05) is 0 Å². The number of allylic oxidation sites excluding steroid dienone is 1. The number of carbonyl (C=O) groups excluding carboxylic acids is 3. The van der Waals surface area contributed by atoms with Gasteiger partial charge in [0.1, 0.15) is 17.6 Å². The second-order valence-corrected chi connectivity index (χ2v) is 8.38. The smallest absolute Gasteiger partial charge is 0.338 e. The van der Waals surface area contributed by atoms with E-state index in [0.717, 1.165) is 41.9 Å². The summed E-state index contributed by atoms with van der Waals surface area (Å²) in [5.74, 6) is 0.247. The minimum atomic E-state index is -0.710. The van der Waals surface area contributed by atoms with Gasteiger partial charge in [0.15, 0.2) is 6.61 Å². The zero-order valence-electron chi connectivity index (χ0n) is 19.2. The van der Waals surface area contributed by atoms with E-state index in [0.29, 0.717) is 11.4 Å². The highest BCUT2D eigenvalue weighted by Gasteiger charge is 2.41. The fourth-order valence-electron chi connectivity index (χ4n) is 4.44. The highest BCUT2D eigenvalue weighted by atomic mass is 16.5. The predicted molar refractivity (Wildman–Crippen MR) is 129 cm³/mol. The summed E-state index contributed by atoms with van der Waals surface area (Å²) in [6.45, 7) is -0.470. The van der Waals surface area contributed by atoms with E-state index in [1.807, 2.05) is 24.3 Å². The first-order valence-corrected chi connectivity index (χ1v) is 11.4. The third kappa shape index (κ3) is 4.74. The van der Waals surface area contributed by atoms with Crippen molar-refractivity contribution in [2.24, 2.45) is 5.73 Å². The molecule has 1 aromatic carbocycles. The lowest BCUT2D eigenvalue weighted by Crippen LogP contribution is -2.42. The second-order valence-electron chi connectivity index (χ2n) is 8.38. The van der Waals surface area contributed by atoms with Crippen molar-refractivity contribution in [2.45, 2.75) is 25.3 Å². The number of carbonyl (C=O) groups is 3. The normalized spacial score (nSPS) is 18.1. The minimum absolute atomic E-state index is 0.232. The topological polar surface area (TPSA) is 140 Å². The first kappa shape index (κ1) is 23.0. The summed E-state index contributed by atoms with van der Waals surface area (Å²) >= 11 is 0. The Hall–Kier alpha value is -4.73. The van der Waals surface area contributed by atoms with Gasteiger partial charge in [-0.05, 0) is 85.0 Å². The average Bonchev–Trinajstić information content (AvgIpc) is 3.63. The number of rotatable bonds is 6. The fraction of sp³-hybridized carbons (Fsp3) is 0.192. The van der Waals surface area contributed by atoms with Crippen LogP contribution in [-0.2, 0) is 9.53 Å². The standard InChI is InChI=1S/C26H24N4O6/c27-26(33)28-18-10-8-16(9-11-18)25(32)36-15-22(31)30-24(21-7-3-13-35-21)20-6-1-4-17(23(20)29-30)14-19-5-2-12-34-19/h2-3,5,7-14,24,29H,1,4,6,15H2,(H3,27,28,33)/b17-14+/t24-/m0/s1. The summed E-state index contributed by atoms with van der Waals surface area (Å²) < 4.78 is 16.4. The van der Waals surface area contributed by atoms with Crippen molar-refractivity contribution < 1.29 is 28.0 Å². The molecule has 36 heavy (non-hydrogen) atoms. The summed E-state index contributed by atoms with van der Waals surface area (Å²) in [6, 6.07) is 12.1. The third-order valence-corrected chi connectivity index (χ3v) is 6.01. The fourth-order valence-corrected chi connectivity index (χ4v) is 4.44. The van der Waals surface area contributed by atoms with Crippen molar-refractivity contribution >= 4 is 29.7 Å². The second kappa shape index (κ2) is 9.87. The summed E-state index contributed by atoms with van der Waals surface area (Å²) in [7, 11) is 0. The van der Waals surface area contributed by atoms with Crippen LogP contribution in [-0.4, -0.2) is 29.5 Å². The van der Waals surface area contributed by atoms with Crippen LogP contribution in [0.1, 0.15) is 47.2 Å². The molecule has 0 radical (unpaired) electrons. The van der Waals surface area contributed by atoms with Crippen LogP contribution in [0.3, 0.4) is 0 Å². The maximum atomic E-state index is 13.2. The molecule has 1 aliphatic carbocycles. The van der Waals surface area contributed by atoms with Gasteiger partial charge in [0.2, 0.25) is 0 Å². The molecule has 0 fully saturated rings. The number of amides is 3. The lowest BCUT2D eigenvalue weighted by molar-refractivity contribution is -0.138. The molecule has 0 saturated carbocycles. The van der Waals surface area contributed by atoms with Crippen LogP contribution in [0, 0.1) is 0 Å². The summed E-state index contributed by atoms with van der Waals surface area (Å²) in [5, 5.41) is 3.87. The Morgan fingerprint density at radius 3 is 2.56 bits per heavy atom. The van der Waals surface area contributed by atoms with E-state index in [1.165, 1.54) is 29.3 Å². The number of esters is 1. The number of nitrogens with one attached hydrogen (secondary N) is 2. The lowest BCUT2D eigenvalue weighted by atomic mass is 9.88. The number of furan rings is 2. The van der Waals surface area contributed by atoms with Crippen LogP contribution in [0.25, 0.3) is 6.08 Å². The SMILES string of the molecule is NC(=O)Nc1ccc(C(=O)OCC(=O)N2NC3=C(CCC/C3=C\c3ccco3)[C@H]2c2ccco2)cc1. The van der Waals surface area contributed by atoms with Crippen LogP contribution < -0.4 is 16.5 Å². The number of ether oxygens (including phenoxy) is 1. The molecule has 3 heterocycles. The molecule has 2 aromatic heterocycles. The van der Waals surface area contributed by atoms with Crippen LogP contribution >= 0.6 is 0 Å². The molecule has 5 rings (SSSR count). The van der Waals surface area contributed by atoms with Crippen LogP contribution in [0.15, 0.2) is 86.7 Å². The number of benzene rings is 1. The molecular weight excluding hydrogens is 464 g/mol. The van der Waals surface area contributed by atoms with E-state index < -0.39 is 30.6 Å². The van der Waals surface area contributed by atoms with Gasteiger partial charge >= 0.3 is 12.0 Å². The molecule has 0 saturated heterocycles. The van der Waals surface area contributed by atoms with Crippen molar-refractivity contribution in [1.29, 1.82) is 0 Å². The number of primary amides is 1. The maximum absolute atomic E-state index is 13.2. The number of hydrazine groups is 1. The van der Waals surface area contributed by atoms with Gasteiger partial charge < -0.3 is 24.6 Å². The zero-order chi connectivity index (χ0) is 25.1. The van der Waals surface area contributed by atoms with Crippen LogP contribution in [0.5, 0.6) is 0 Å². The summed E-state index contributed by atoms with van der Waals surface area (Å²) in [6.07, 6.45) is 7.68. The number of nitrogens with two attached hydrogens (primary N) is 1. The van der Waals surface area contributed by atoms with E-state index in [4.69, 9.17) is 19.3 Å². The predicted octanol–water partition coefficient (Wildman–Crippen LogP) is 4.13. The molecule has 3 amide bonds. The van der Waals surface area contributed by atoms with E-state index in [9.17, 15) is 14.4 Å². The monoisotopic (exact) mass is 488 g/mol. The van der Waals surface area contributed by atoms with Gasteiger partial charge in [-0.3, -0.25) is 10.2 Å². The summed E-state index contributed by atoms with van der Waals surface area (Å²) in [5.41, 5.74) is 11.9. The minimum Gasteiger partial charge on any atom is -0.467 e. The number of nitrogens with zero attached hydrogens (tertiary/aromatic N) is 1. The van der Waals surface area contributed by atoms with Crippen LogP contribution in [0.4, 0.5) is 10.5 Å². The molecular formula is C26H24N4O6. The number of hydrogen-bond acceptors (Lipinski definition) is 7. The van der Waals surface area contributed by atoms with Crippen molar-refractivity contribution in [3.8, 4) is 0 Å². The first-order chi connectivity index (χ1) is 17.5. The van der Waals surface area contributed by atoms with Gasteiger partial charge in [-0.25, -0.2) is 14.6 Å². The van der Waals surface area contributed by atoms with E-state index in [2.05, 4.69) is 10.7 Å². The van der Waals surface area contributed by atoms with Crippen LogP contribution in [0.2, 0.25) is 0 Å². The number of hydrogen-bond donors (Lipinski definition) is 3. The Morgan fingerprint density at radius 1 is 1.08 bits per heavy atom. The maximum Gasteiger partial charge on any atom is 0.338 e. The quantitative estimate of drug-likeness (QED) is 0.443. The van der Waals surface area contributed by atoms with Crippen molar-refractivity contribution in [2.75, 3.05) is 11.9 Å². The van der Waals surface area contributed by atoms with Crippen molar-refractivity contribution in [1.82, 2.24) is 10.4 Å². The molecule has 1 atom stereocenters. The lowest BCUT2D eigenvalue weighted by Gasteiger charge is -2.24. The van der Waals surface area contributed by atoms with E-state index in [-0.39, 0.29) is 5.56 Å². The molecule has 3 aromatic rings. The van der Waals surface area contributed by atoms with Crippen molar-refractivity contribution in [3.05, 3.63) is 95.0 Å². The van der Waals surface area contributed by atoms with E-state index in [1.54, 1.807) is 18.6 Å². The number of urea groups is 1. The molecule has 10 heteroatoms. The zero-order valence-corrected chi connectivity index (χ0v) is 19.2. The third-order valence-electron chi connectivity index (χ3n) is 6.01. The molecule has 10 nitrogen and oxygen atoms in total. The highest BCUT2D eigenvalue weighted by molar-refractivity contribution is 5.93. The van der Waals surface area contributed by atoms with E-state index >= 15 is 0 Å². The van der Waals surface area contributed by atoms with Gasteiger partial charge in [0, 0.05) is 5.69 Å². The molecule has 0 bridgehead atoms. The first-order valence-electron chi connectivity index (χ1n) is 11.4. The Kier molecular flexibility index (Phi) is 6.31. The van der Waals surface area contributed by atoms with Crippen molar-refractivity contribution in [3.63, 3.8) is 0 Å². The Bertz CT molecular complexity index is 1320. The van der Waals surface area contributed by atoms with Gasteiger partial charge in [0.25, 0.3) is 5.91 Å². The molecule has 2 aliphatic rings. The molecule has 4 N–H and O–H groups in total. The molecule has 0 unspecified atom stereocenters. The Morgan fingerprint density at radius 2 is 1.86 bits per heavy atom. The van der Waals surface area contributed by atoms with Gasteiger partial charge in [0.05, 0.1) is 23.8 Å². The Balaban J connectivity index is 1.32.